The lowest BCUT2D eigenvalue weighted by Crippen LogP contribution is -2.97. The van der Waals surface area contributed by atoms with Crippen LogP contribution >= 0.6 is 0 Å². The Morgan fingerprint density at radius 1 is 1.50 bits per heavy atom. The number of nitrogens with zero attached hydrogens (tertiary/aromatic N) is 1. The van der Waals surface area contributed by atoms with E-state index in [1.165, 1.54) is 32.5 Å². The van der Waals surface area contributed by atoms with Crippen LogP contribution in [0.5, 0.6) is 0 Å². The first kappa shape index (κ1) is 6.58. The molecule has 2 heterocycles. The number of hydrogen-bond acceptors (Lipinski definition) is 2. The molecule has 0 aromatic rings. The summed E-state index contributed by atoms with van der Waals surface area (Å²) < 4.78 is 0. The molecule has 0 spiro atoms. The van der Waals surface area contributed by atoms with Gasteiger partial charge in [0.15, 0.2) is 6.29 Å². The van der Waals surface area contributed by atoms with Crippen LogP contribution in [0.3, 0.4) is 0 Å². The van der Waals surface area contributed by atoms with E-state index in [-0.39, 0.29) is 0 Å². The zero-order valence-electron chi connectivity index (χ0n) is 6.21. The second-order valence-corrected chi connectivity index (χ2v) is 3.01. The van der Waals surface area contributed by atoms with Gasteiger partial charge in [-0.1, -0.05) is 0 Å². The molecule has 0 aliphatic carbocycles. The zero-order valence-corrected chi connectivity index (χ0v) is 6.21. The maximum absolute atomic E-state index is 3.46. The summed E-state index contributed by atoms with van der Waals surface area (Å²) >= 11 is 0. The van der Waals surface area contributed by atoms with Crippen molar-refractivity contribution in [3.63, 3.8) is 0 Å². The fraction of sp³-hybridized carbons (Fsp3) is 0.857. The van der Waals surface area contributed by atoms with E-state index >= 15 is 0 Å². The highest BCUT2D eigenvalue weighted by atomic mass is 15.4. The van der Waals surface area contributed by atoms with E-state index in [2.05, 4.69) is 22.1 Å². The third-order valence-corrected chi connectivity index (χ3v) is 2.27. The molecule has 0 bridgehead atoms. The molecule has 2 saturated heterocycles. The van der Waals surface area contributed by atoms with E-state index in [1.54, 1.807) is 0 Å². The largest absolute Gasteiger partial charge is 0.448 e. The zero-order chi connectivity index (χ0) is 6.81. The van der Waals surface area contributed by atoms with Gasteiger partial charge in [0.1, 0.15) is 0 Å². The average molecular weight is 141 g/mol. The summed E-state index contributed by atoms with van der Waals surface area (Å²) in [4.78, 5) is 2.50. The van der Waals surface area contributed by atoms with Crippen molar-refractivity contribution in [1.29, 1.82) is 0 Å². The van der Waals surface area contributed by atoms with Gasteiger partial charge in [-0.25, -0.2) is 4.90 Å². The molecule has 0 aromatic carbocycles. The van der Waals surface area contributed by atoms with Crippen LogP contribution in [0.2, 0.25) is 0 Å². The van der Waals surface area contributed by atoms with Crippen molar-refractivity contribution in [2.45, 2.75) is 19.1 Å². The second kappa shape index (κ2) is 2.86. The van der Waals surface area contributed by atoms with Crippen molar-refractivity contribution < 1.29 is 5.32 Å². The van der Waals surface area contributed by atoms with Crippen molar-refractivity contribution >= 4 is 0 Å². The van der Waals surface area contributed by atoms with Crippen LogP contribution in [0.15, 0.2) is 0 Å². The van der Waals surface area contributed by atoms with Gasteiger partial charge in [0.05, 0.1) is 0 Å². The average Bonchev–Trinajstić information content (AvgIpc) is 2.05. The minimum atomic E-state index is 0.558. The summed E-state index contributed by atoms with van der Waals surface area (Å²) in [5.41, 5.74) is 0. The molecule has 58 valence electrons. The Bertz CT molecular complexity index is 89.4. The van der Waals surface area contributed by atoms with E-state index in [4.69, 9.17) is 0 Å². The molecule has 2 aliphatic rings. The highest BCUT2D eigenvalue weighted by molar-refractivity contribution is 4.71. The summed E-state index contributed by atoms with van der Waals surface area (Å²) in [5, 5.41) is 5.74. The fourth-order valence-electron chi connectivity index (χ4n) is 1.71. The van der Waals surface area contributed by atoms with Crippen LogP contribution in [0.1, 0.15) is 12.8 Å². The Balaban J connectivity index is 1.93. The van der Waals surface area contributed by atoms with Crippen LogP contribution in [-0.2, 0) is 0 Å². The Morgan fingerprint density at radius 3 is 3.40 bits per heavy atom. The van der Waals surface area contributed by atoms with E-state index in [0.717, 1.165) is 0 Å². The van der Waals surface area contributed by atoms with E-state index in [1.807, 2.05) is 0 Å². The summed E-state index contributed by atoms with van der Waals surface area (Å²) in [6.07, 6.45) is 3.10. The first-order valence-corrected chi connectivity index (χ1v) is 4.11. The van der Waals surface area contributed by atoms with Crippen LogP contribution < -0.4 is 10.6 Å². The predicted octanol–water partition coefficient (Wildman–Crippen LogP) is -1.31. The van der Waals surface area contributed by atoms with E-state index < -0.39 is 0 Å². The van der Waals surface area contributed by atoms with Gasteiger partial charge in [-0.05, 0) is 13.0 Å². The fourth-order valence-corrected chi connectivity index (χ4v) is 1.71. The smallest absolute Gasteiger partial charge is 0.175 e. The lowest BCUT2D eigenvalue weighted by molar-refractivity contribution is -0.692. The van der Waals surface area contributed by atoms with Crippen molar-refractivity contribution in [3.8, 4) is 0 Å². The Morgan fingerprint density at radius 2 is 2.50 bits per heavy atom. The summed E-state index contributed by atoms with van der Waals surface area (Å²) in [6.45, 7) is 5.99. The molecular formula is C7H15N3. The molecule has 2 fully saturated rings. The van der Waals surface area contributed by atoms with Crippen LogP contribution in [-0.4, -0.2) is 30.8 Å². The minimum absolute atomic E-state index is 0.558. The molecule has 2 aliphatic heterocycles. The molecule has 0 aromatic heterocycles. The lowest BCUT2D eigenvalue weighted by atomic mass is 10.2. The first-order chi connectivity index (χ1) is 4.97. The molecule has 1 atom stereocenters. The topological polar surface area (TPSA) is 31.9 Å². The van der Waals surface area contributed by atoms with Gasteiger partial charge < -0.3 is 5.32 Å². The Kier molecular flexibility index (Phi) is 1.88. The van der Waals surface area contributed by atoms with Gasteiger partial charge in [0.25, 0.3) is 0 Å². The summed E-state index contributed by atoms with van der Waals surface area (Å²) in [7, 11) is 0. The molecule has 3 nitrogen and oxygen atoms in total. The van der Waals surface area contributed by atoms with Crippen LogP contribution in [0.4, 0.5) is 0 Å². The predicted molar refractivity (Wildman–Crippen MR) is 38.8 cm³/mol. The van der Waals surface area contributed by atoms with Gasteiger partial charge in [0.2, 0.25) is 0 Å². The number of rotatable bonds is 0. The maximum Gasteiger partial charge on any atom is 0.175 e. The maximum atomic E-state index is 3.46. The first-order valence-electron chi connectivity index (χ1n) is 4.11. The molecule has 0 amide bonds. The number of fused-ring (bicyclic) bond motifs is 1. The molecule has 3 heteroatoms. The van der Waals surface area contributed by atoms with E-state index in [0.29, 0.717) is 6.29 Å². The van der Waals surface area contributed by atoms with Gasteiger partial charge in [-0.15, -0.1) is 13.0 Å². The number of quaternary nitrogens is 1. The van der Waals surface area contributed by atoms with Gasteiger partial charge in [-0.2, -0.15) is 0 Å². The minimum Gasteiger partial charge on any atom is -0.448 e. The van der Waals surface area contributed by atoms with Crippen LogP contribution in [0.25, 0.3) is 0 Å². The molecule has 0 saturated carbocycles. The SMILES string of the molecule is [CH-]1CCN2CCCNC2[NH2+]1. The van der Waals surface area contributed by atoms with Crippen LogP contribution in [0, 0.1) is 6.54 Å². The third kappa shape index (κ3) is 1.17. The number of nitrogens with two attached hydrogens (primary N) is 1. The van der Waals surface area contributed by atoms with Crippen molar-refractivity contribution in [2.75, 3.05) is 19.6 Å². The molecule has 3 N–H and O–H groups in total. The number of hydrogen-bond donors (Lipinski definition) is 2. The Labute approximate surface area is 61.8 Å². The summed E-state index contributed by atoms with van der Waals surface area (Å²) in [5.74, 6) is 0. The third-order valence-electron chi connectivity index (χ3n) is 2.27. The molecule has 1 unspecified atom stereocenters. The van der Waals surface area contributed by atoms with E-state index in [9.17, 15) is 0 Å². The quantitative estimate of drug-likeness (QED) is 0.411. The Hall–Kier alpha value is -0.120. The monoisotopic (exact) mass is 141 g/mol. The lowest BCUT2D eigenvalue weighted by Gasteiger charge is -2.41. The van der Waals surface area contributed by atoms with Gasteiger partial charge in [0, 0.05) is 13.1 Å². The van der Waals surface area contributed by atoms with Gasteiger partial charge >= 0.3 is 0 Å². The van der Waals surface area contributed by atoms with Gasteiger partial charge in [-0.3, -0.25) is 5.32 Å². The normalized spacial score (nSPS) is 35.4. The number of nitrogens with one attached hydrogen (secondary N) is 1. The standard InChI is InChI=1S/C7H15N3/c1-3-8-7-9-4-2-6-10(7)5-1/h3,7,9H,1-2,4-6,8H2. The molecule has 2 rings (SSSR count). The van der Waals surface area contributed by atoms with Crippen molar-refractivity contribution in [3.05, 3.63) is 6.54 Å². The molecule has 10 heavy (non-hydrogen) atoms. The van der Waals surface area contributed by atoms with Crippen molar-refractivity contribution in [2.24, 2.45) is 0 Å². The van der Waals surface area contributed by atoms with Crippen molar-refractivity contribution in [1.82, 2.24) is 10.2 Å². The summed E-state index contributed by atoms with van der Waals surface area (Å²) in [6, 6.07) is 0. The highest BCUT2D eigenvalue weighted by Crippen LogP contribution is 2.03. The molecular weight excluding hydrogens is 126 g/mol. The molecule has 0 radical (unpaired) electrons. The highest BCUT2D eigenvalue weighted by Gasteiger charge is 2.23. The second-order valence-electron chi connectivity index (χ2n) is 3.01.